The Morgan fingerprint density at radius 2 is 2.10 bits per heavy atom. The molecule has 112 valence electrons. The van der Waals surface area contributed by atoms with Gasteiger partial charge in [0.25, 0.3) is 5.91 Å². The van der Waals surface area contributed by atoms with Crippen molar-refractivity contribution in [3.8, 4) is 0 Å². The highest BCUT2D eigenvalue weighted by Gasteiger charge is 2.24. The maximum atomic E-state index is 12.2. The Morgan fingerprint density at radius 3 is 2.65 bits per heavy atom. The Balaban J connectivity index is 1.92. The lowest BCUT2D eigenvalue weighted by Gasteiger charge is -2.36. The molecular weight excluding hydrogens is 254 g/mol. The Kier molecular flexibility index (Phi) is 5.20. The Bertz CT molecular complexity index is 436. The number of ether oxygens (including phenoxy) is 1. The molecule has 1 aliphatic heterocycles. The fourth-order valence-corrected chi connectivity index (χ4v) is 2.68. The number of aryl methyl sites for hydroxylation is 1. The molecule has 0 saturated carbocycles. The lowest BCUT2D eigenvalue weighted by Crippen LogP contribution is -2.51. The van der Waals surface area contributed by atoms with Gasteiger partial charge < -0.3 is 14.6 Å². The summed E-state index contributed by atoms with van der Waals surface area (Å²) in [5.74, 6) is 0.498. The molecule has 1 aromatic heterocycles. The van der Waals surface area contributed by atoms with Gasteiger partial charge >= 0.3 is 0 Å². The first-order valence-corrected chi connectivity index (χ1v) is 7.31. The smallest absolute Gasteiger partial charge is 0.267 e. The van der Waals surface area contributed by atoms with Gasteiger partial charge in [-0.25, -0.2) is 0 Å². The van der Waals surface area contributed by atoms with Gasteiger partial charge in [-0.3, -0.25) is 9.69 Å². The minimum Gasteiger partial charge on any atom is -0.379 e. The third-order valence-electron chi connectivity index (χ3n) is 3.93. The molecule has 1 unspecified atom stereocenters. The summed E-state index contributed by atoms with van der Waals surface area (Å²) in [6.07, 6.45) is 1.89. The number of nitrogens with zero attached hydrogens (tertiary/aromatic N) is 2. The van der Waals surface area contributed by atoms with Gasteiger partial charge in [-0.15, -0.1) is 0 Å². The minimum absolute atomic E-state index is 0.00332. The van der Waals surface area contributed by atoms with Crippen molar-refractivity contribution >= 4 is 5.91 Å². The van der Waals surface area contributed by atoms with E-state index < -0.39 is 0 Å². The highest BCUT2D eigenvalue weighted by atomic mass is 16.5. The largest absolute Gasteiger partial charge is 0.379 e. The van der Waals surface area contributed by atoms with Gasteiger partial charge in [0.15, 0.2) is 0 Å². The fraction of sp³-hybridized carbons (Fsp3) is 0.667. The van der Waals surface area contributed by atoms with E-state index in [1.807, 2.05) is 29.9 Å². The number of aromatic nitrogens is 1. The zero-order valence-corrected chi connectivity index (χ0v) is 12.6. The van der Waals surface area contributed by atoms with Crippen molar-refractivity contribution in [1.29, 1.82) is 0 Å². The number of hydrogen-bond donors (Lipinski definition) is 1. The second-order valence-corrected chi connectivity index (χ2v) is 5.67. The fourth-order valence-electron chi connectivity index (χ4n) is 2.68. The molecule has 1 aromatic rings. The van der Waals surface area contributed by atoms with E-state index in [1.165, 1.54) is 0 Å². The van der Waals surface area contributed by atoms with Crippen LogP contribution in [0.2, 0.25) is 0 Å². The molecule has 1 N–H and O–H groups in total. The van der Waals surface area contributed by atoms with Gasteiger partial charge in [-0.2, -0.15) is 0 Å². The molecule has 0 aromatic carbocycles. The third kappa shape index (κ3) is 3.61. The maximum Gasteiger partial charge on any atom is 0.267 e. The van der Waals surface area contributed by atoms with Crippen LogP contribution in [0.5, 0.6) is 0 Å². The monoisotopic (exact) mass is 279 g/mol. The number of nitrogens with one attached hydrogen (secondary N) is 1. The molecule has 0 bridgehead atoms. The van der Waals surface area contributed by atoms with Gasteiger partial charge in [0.2, 0.25) is 0 Å². The molecule has 1 fully saturated rings. The van der Waals surface area contributed by atoms with Crippen molar-refractivity contribution in [3.05, 3.63) is 24.0 Å². The second-order valence-electron chi connectivity index (χ2n) is 5.67. The lowest BCUT2D eigenvalue weighted by atomic mass is 10.0. The van der Waals surface area contributed by atoms with Crippen LogP contribution in [-0.4, -0.2) is 54.3 Å². The van der Waals surface area contributed by atoms with Crippen LogP contribution in [-0.2, 0) is 11.8 Å². The van der Waals surface area contributed by atoms with E-state index in [4.69, 9.17) is 4.74 Å². The normalized spacial score (nSPS) is 18.2. The Hall–Kier alpha value is -1.33. The zero-order valence-electron chi connectivity index (χ0n) is 12.6. The van der Waals surface area contributed by atoms with E-state index in [2.05, 4.69) is 24.1 Å². The van der Waals surface area contributed by atoms with E-state index in [0.717, 1.165) is 26.3 Å². The number of rotatable bonds is 5. The van der Waals surface area contributed by atoms with Gasteiger partial charge in [-0.05, 0) is 18.1 Å². The van der Waals surface area contributed by atoms with Crippen LogP contribution in [0.1, 0.15) is 24.3 Å². The van der Waals surface area contributed by atoms with Gasteiger partial charge in [0.05, 0.1) is 13.2 Å². The van der Waals surface area contributed by atoms with Gasteiger partial charge in [0.1, 0.15) is 5.69 Å². The summed E-state index contributed by atoms with van der Waals surface area (Å²) in [6.45, 7) is 8.56. The van der Waals surface area contributed by atoms with Crippen LogP contribution in [0.4, 0.5) is 0 Å². The van der Waals surface area contributed by atoms with E-state index in [-0.39, 0.29) is 5.91 Å². The summed E-state index contributed by atoms with van der Waals surface area (Å²) in [6, 6.07) is 4.09. The highest BCUT2D eigenvalue weighted by molar-refractivity contribution is 5.92. The highest BCUT2D eigenvalue weighted by Crippen LogP contribution is 2.12. The predicted molar refractivity (Wildman–Crippen MR) is 78.8 cm³/mol. The number of amides is 1. The number of hydrogen-bond acceptors (Lipinski definition) is 3. The first kappa shape index (κ1) is 15.1. The average molecular weight is 279 g/mol. The van der Waals surface area contributed by atoms with E-state index in [1.54, 1.807) is 0 Å². The summed E-state index contributed by atoms with van der Waals surface area (Å²) in [4.78, 5) is 14.6. The predicted octanol–water partition coefficient (Wildman–Crippen LogP) is 1.11. The number of carbonyl (C=O) groups is 1. The van der Waals surface area contributed by atoms with Crippen LogP contribution in [0, 0.1) is 5.92 Å². The van der Waals surface area contributed by atoms with Crippen LogP contribution in [0.15, 0.2) is 18.3 Å². The Morgan fingerprint density at radius 1 is 1.40 bits per heavy atom. The van der Waals surface area contributed by atoms with Crippen molar-refractivity contribution in [2.75, 3.05) is 32.8 Å². The molecule has 1 aliphatic rings. The molecule has 5 nitrogen and oxygen atoms in total. The number of morpholine rings is 1. The van der Waals surface area contributed by atoms with Crippen LogP contribution in [0.3, 0.4) is 0 Å². The molecule has 5 heteroatoms. The molecule has 0 aliphatic carbocycles. The van der Waals surface area contributed by atoms with E-state index >= 15 is 0 Å². The van der Waals surface area contributed by atoms with Crippen LogP contribution >= 0.6 is 0 Å². The lowest BCUT2D eigenvalue weighted by molar-refractivity contribution is 0.00671. The van der Waals surface area contributed by atoms with Gasteiger partial charge in [-0.1, -0.05) is 13.8 Å². The average Bonchev–Trinajstić information content (AvgIpc) is 2.86. The molecule has 0 spiro atoms. The topological polar surface area (TPSA) is 46.5 Å². The molecule has 2 rings (SSSR count). The Labute approximate surface area is 120 Å². The molecule has 20 heavy (non-hydrogen) atoms. The molecular formula is C15H25N3O2. The molecule has 1 atom stereocenters. The maximum absolute atomic E-state index is 12.2. The van der Waals surface area contributed by atoms with Crippen LogP contribution < -0.4 is 5.32 Å². The second kappa shape index (κ2) is 6.90. The summed E-state index contributed by atoms with van der Waals surface area (Å²) in [7, 11) is 1.89. The molecule has 2 heterocycles. The summed E-state index contributed by atoms with van der Waals surface area (Å²) >= 11 is 0. The van der Waals surface area contributed by atoms with Crippen molar-refractivity contribution < 1.29 is 9.53 Å². The molecule has 1 amide bonds. The van der Waals surface area contributed by atoms with Crippen LogP contribution in [0.25, 0.3) is 0 Å². The molecule has 1 saturated heterocycles. The quantitative estimate of drug-likeness (QED) is 0.878. The van der Waals surface area contributed by atoms with Crippen molar-refractivity contribution in [2.45, 2.75) is 19.9 Å². The summed E-state index contributed by atoms with van der Waals surface area (Å²) in [5.41, 5.74) is 0.703. The standard InChI is InChI=1S/C15H25N3O2/c1-12(2)14(18-7-9-20-10-8-18)11-16-15(19)13-5-4-6-17(13)3/h4-6,12,14H,7-11H2,1-3H3,(H,16,19). The van der Waals surface area contributed by atoms with Crippen molar-refractivity contribution in [2.24, 2.45) is 13.0 Å². The van der Waals surface area contributed by atoms with E-state index in [9.17, 15) is 4.79 Å². The third-order valence-corrected chi connectivity index (χ3v) is 3.93. The van der Waals surface area contributed by atoms with Crippen molar-refractivity contribution in [1.82, 2.24) is 14.8 Å². The summed E-state index contributed by atoms with van der Waals surface area (Å²) in [5, 5.41) is 3.06. The van der Waals surface area contributed by atoms with E-state index in [0.29, 0.717) is 24.2 Å². The van der Waals surface area contributed by atoms with Crippen molar-refractivity contribution in [3.63, 3.8) is 0 Å². The number of carbonyl (C=O) groups excluding carboxylic acids is 1. The SMILES string of the molecule is CC(C)C(CNC(=O)c1cccn1C)N1CCOCC1. The first-order chi connectivity index (χ1) is 9.59. The minimum atomic E-state index is -0.00332. The summed E-state index contributed by atoms with van der Waals surface area (Å²) < 4.78 is 7.24. The first-order valence-electron chi connectivity index (χ1n) is 7.31. The zero-order chi connectivity index (χ0) is 14.5. The van der Waals surface area contributed by atoms with Gasteiger partial charge in [0, 0.05) is 38.9 Å². The molecule has 0 radical (unpaired) electrons.